The van der Waals surface area contributed by atoms with Crippen LogP contribution in [0.1, 0.15) is 99.0 Å². The van der Waals surface area contributed by atoms with Crippen LogP contribution in [-0.4, -0.2) is 89.1 Å². The molecule has 2 unspecified atom stereocenters. The molecular weight excluding hydrogens is 803 g/mol. The van der Waals surface area contributed by atoms with Gasteiger partial charge in [0.2, 0.25) is 0 Å². The van der Waals surface area contributed by atoms with Gasteiger partial charge in [0, 0.05) is 73.4 Å². The molecule has 14 heteroatoms. The van der Waals surface area contributed by atoms with Crippen LogP contribution in [0.5, 0.6) is 11.5 Å². The van der Waals surface area contributed by atoms with E-state index in [0.29, 0.717) is 65.2 Å². The van der Waals surface area contributed by atoms with E-state index in [-0.39, 0.29) is 17.8 Å². The first-order valence-electron chi connectivity index (χ1n) is 20.7. The molecule has 2 saturated heterocycles. The number of halogens is 2. The highest BCUT2D eigenvalue weighted by molar-refractivity contribution is 8.00. The number of thioether (sulfide) groups is 1. The van der Waals surface area contributed by atoms with Gasteiger partial charge in [0.25, 0.3) is 0 Å². The Balaban J connectivity index is 1.48. The van der Waals surface area contributed by atoms with E-state index in [0.717, 1.165) is 31.4 Å². The number of hydrogen-bond donors (Lipinski definition) is 1. The lowest BCUT2D eigenvalue weighted by atomic mass is 9.70. The average Bonchev–Trinajstić information content (AvgIpc) is 3.80. The van der Waals surface area contributed by atoms with Crippen molar-refractivity contribution in [2.45, 2.75) is 135 Å². The molecule has 1 aromatic carbocycles. The summed E-state index contributed by atoms with van der Waals surface area (Å²) in [7, 11) is 3.23. The van der Waals surface area contributed by atoms with Crippen LogP contribution >= 0.6 is 35.0 Å². The zero-order chi connectivity index (χ0) is 42.5. The van der Waals surface area contributed by atoms with Gasteiger partial charge >= 0.3 is 11.9 Å². The van der Waals surface area contributed by atoms with Crippen LogP contribution in [0.2, 0.25) is 10.0 Å². The molecule has 1 saturated carbocycles. The average molecular weight is 866 g/mol. The monoisotopic (exact) mass is 864 g/mol. The zero-order valence-corrected chi connectivity index (χ0v) is 37.8. The number of methoxy groups -OCH3 is 2. The molecule has 0 radical (unpaired) electrons. The third-order valence-corrected chi connectivity index (χ3v) is 14.7. The van der Waals surface area contributed by atoms with Crippen molar-refractivity contribution in [1.82, 2.24) is 4.98 Å². The standard InChI is InChI=1S/C44H62Cl2N2O9S/c1-10-36-44(7)37(27(4)38(49)25(2)20-43(6,54-9)21-26(3)39(50)28(5)41(51)56-36)40(42(52)57-44)58-18-17-48(24-31-32(45)22-47-23-33(31)46)29-15-16-34(53-8)35(19-29)55-30-13-11-12-14-30/h15-16,19,22-23,25-28,30,36-37,39-40,50H,10-14,17-18,20-21,24H2,1-9H3/t25-,26-,27?,28-,36-,37+,39+,40?,43-,44-/m1/s1. The first-order chi connectivity index (χ1) is 27.5. The van der Waals surface area contributed by atoms with Crippen molar-refractivity contribution < 1.29 is 43.2 Å². The lowest BCUT2D eigenvalue weighted by molar-refractivity contribution is -0.186. The highest BCUT2D eigenvalue weighted by Crippen LogP contribution is 2.49. The summed E-state index contributed by atoms with van der Waals surface area (Å²) in [5.74, 6) is -2.21. The Labute approximate surface area is 358 Å². The number of rotatable bonds is 12. The van der Waals surface area contributed by atoms with Crippen LogP contribution in [-0.2, 0) is 35.1 Å². The fraction of sp³-hybridized carbons (Fsp3) is 0.682. The van der Waals surface area contributed by atoms with Gasteiger partial charge < -0.3 is 33.7 Å². The fourth-order valence-corrected chi connectivity index (χ4v) is 11.4. The highest BCUT2D eigenvalue weighted by atomic mass is 35.5. The summed E-state index contributed by atoms with van der Waals surface area (Å²) in [5, 5.41) is 11.4. The summed E-state index contributed by atoms with van der Waals surface area (Å²) in [6.07, 6.45) is 6.75. The van der Waals surface area contributed by atoms with E-state index >= 15 is 0 Å². The van der Waals surface area contributed by atoms with E-state index in [4.69, 9.17) is 46.9 Å². The highest BCUT2D eigenvalue weighted by Gasteiger charge is 2.61. The van der Waals surface area contributed by atoms with Crippen LogP contribution in [0.15, 0.2) is 30.6 Å². The molecule has 1 N–H and O–H groups in total. The molecule has 0 spiro atoms. The molecule has 0 bridgehead atoms. The van der Waals surface area contributed by atoms with Crippen LogP contribution in [0.4, 0.5) is 5.69 Å². The first kappa shape index (κ1) is 46.3. The van der Waals surface area contributed by atoms with Gasteiger partial charge in [-0.1, -0.05) is 50.9 Å². The second-order valence-corrected chi connectivity index (χ2v) is 19.1. The van der Waals surface area contributed by atoms with Gasteiger partial charge in [0.15, 0.2) is 17.1 Å². The number of Topliss-reactive ketones (excluding diaryl/α,β-unsaturated/α-hetero) is 1. The van der Waals surface area contributed by atoms with Crippen LogP contribution < -0.4 is 14.4 Å². The van der Waals surface area contributed by atoms with Crippen molar-refractivity contribution >= 4 is 58.4 Å². The summed E-state index contributed by atoms with van der Waals surface area (Å²) in [6, 6.07) is 5.82. The number of esters is 2. The number of ketones is 1. The molecule has 5 rings (SSSR count). The largest absolute Gasteiger partial charge is 0.493 e. The number of carbonyl (C=O) groups excluding carboxylic acids is 3. The van der Waals surface area contributed by atoms with Crippen molar-refractivity contribution in [3.8, 4) is 11.5 Å². The summed E-state index contributed by atoms with van der Waals surface area (Å²) >= 11 is 14.7. The third kappa shape index (κ3) is 10.2. The lowest BCUT2D eigenvalue weighted by Gasteiger charge is -2.42. The molecule has 10 atom stereocenters. The number of cyclic esters (lactones) is 1. The molecule has 2 aliphatic heterocycles. The minimum absolute atomic E-state index is 0.0279. The second kappa shape index (κ2) is 19.7. The Bertz CT molecular complexity index is 1740. The molecule has 0 amide bonds. The number of aliphatic hydroxyl groups excluding tert-OH is 1. The zero-order valence-electron chi connectivity index (χ0n) is 35.4. The van der Waals surface area contributed by atoms with E-state index in [1.165, 1.54) is 11.8 Å². The van der Waals surface area contributed by atoms with E-state index in [1.807, 2.05) is 52.8 Å². The number of nitrogens with zero attached hydrogens (tertiary/aromatic N) is 2. The van der Waals surface area contributed by atoms with Gasteiger partial charge in [-0.15, -0.1) is 11.8 Å². The topological polar surface area (TPSA) is 134 Å². The SMILES string of the molecule is CC[C@H]1OC(=O)[C@H](C)[C@@H](O)[C@H](C)C[C@](C)(OC)C[C@@H](C)C(=O)C(C)[C@H]2C(SCCN(Cc3c(Cl)cncc3Cl)c3ccc(OC)c(OC4CCCC4)c3)C(=O)O[C@@]21C. The fourth-order valence-electron chi connectivity index (χ4n) is 9.42. The summed E-state index contributed by atoms with van der Waals surface area (Å²) in [6.45, 7) is 13.7. The number of benzene rings is 1. The van der Waals surface area contributed by atoms with Gasteiger partial charge in [-0.3, -0.25) is 19.4 Å². The minimum atomic E-state index is -1.32. The molecule has 2 aromatic rings. The summed E-state index contributed by atoms with van der Waals surface area (Å²) in [4.78, 5) is 48.6. The third-order valence-electron chi connectivity index (χ3n) is 12.8. The van der Waals surface area contributed by atoms with Crippen molar-refractivity contribution in [2.24, 2.45) is 29.6 Å². The molecule has 11 nitrogen and oxygen atoms in total. The van der Waals surface area contributed by atoms with Gasteiger partial charge in [0.1, 0.15) is 17.1 Å². The molecule has 1 aliphatic carbocycles. The molecule has 322 valence electrons. The molecule has 3 fully saturated rings. The maximum atomic E-state index is 14.5. The normalized spacial score (nSPS) is 32.6. The van der Waals surface area contributed by atoms with Crippen molar-refractivity contribution in [3.63, 3.8) is 0 Å². The molecule has 58 heavy (non-hydrogen) atoms. The smallest absolute Gasteiger partial charge is 0.320 e. The maximum Gasteiger partial charge on any atom is 0.320 e. The number of hydrogen-bond acceptors (Lipinski definition) is 12. The molecule has 3 aliphatic rings. The molecule has 3 heterocycles. The number of ether oxygens (including phenoxy) is 5. The number of aliphatic hydroxyl groups is 1. The minimum Gasteiger partial charge on any atom is -0.493 e. The predicted octanol–water partition coefficient (Wildman–Crippen LogP) is 8.75. The van der Waals surface area contributed by atoms with E-state index in [9.17, 15) is 19.5 Å². The Morgan fingerprint density at radius 3 is 2.26 bits per heavy atom. The number of anilines is 1. The van der Waals surface area contributed by atoms with Gasteiger partial charge in [0.05, 0.1) is 40.9 Å². The Kier molecular flexibility index (Phi) is 15.8. The van der Waals surface area contributed by atoms with Crippen LogP contribution in [0.25, 0.3) is 0 Å². The molecular formula is C44H62Cl2N2O9S. The van der Waals surface area contributed by atoms with Crippen molar-refractivity contribution in [1.29, 1.82) is 0 Å². The van der Waals surface area contributed by atoms with E-state index < -0.39 is 64.3 Å². The summed E-state index contributed by atoms with van der Waals surface area (Å²) in [5.41, 5.74) is -0.521. The lowest BCUT2D eigenvalue weighted by Crippen LogP contribution is -2.53. The predicted molar refractivity (Wildman–Crippen MR) is 228 cm³/mol. The van der Waals surface area contributed by atoms with E-state index in [1.54, 1.807) is 40.5 Å². The quantitative estimate of drug-likeness (QED) is 0.205. The number of pyridine rings is 1. The second-order valence-electron chi connectivity index (χ2n) is 17.0. The first-order valence-corrected chi connectivity index (χ1v) is 22.5. The van der Waals surface area contributed by atoms with Gasteiger partial charge in [-0.05, 0) is 83.8 Å². The van der Waals surface area contributed by atoms with Crippen molar-refractivity contribution in [2.75, 3.05) is 31.4 Å². The van der Waals surface area contributed by atoms with Crippen molar-refractivity contribution in [3.05, 3.63) is 46.2 Å². The maximum absolute atomic E-state index is 14.5. The van der Waals surface area contributed by atoms with Crippen LogP contribution in [0.3, 0.4) is 0 Å². The Morgan fingerprint density at radius 1 is 0.966 bits per heavy atom. The van der Waals surface area contributed by atoms with Gasteiger partial charge in [-0.2, -0.15) is 0 Å². The number of fused-ring (bicyclic) bond motifs is 1. The Morgan fingerprint density at radius 2 is 1.64 bits per heavy atom. The Hall–Kier alpha value is -2.77. The summed E-state index contributed by atoms with van der Waals surface area (Å²) < 4.78 is 30.6. The van der Waals surface area contributed by atoms with E-state index in [2.05, 4.69) is 9.88 Å². The van der Waals surface area contributed by atoms with Crippen LogP contribution in [0, 0.1) is 29.6 Å². The van der Waals surface area contributed by atoms with Gasteiger partial charge in [-0.25, -0.2) is 0 Å². The molecule has 1 aromatic heterocycles. The number of carbonyl (C=O) groups is 3. The number of aromatic nitrogens is 1.